The van der Waals surface area contributed by atoms with Gasteiger partial charge in [0, 0.05) is 0 Å². The van der Waals surface area contributed by atoms with E-state index in [1.165, 1.54) is 0 Å². The van der Waals surface area contributed by atoms with Crippen LogP contribution in [0.1, 0.15) is 0 Å². The van der Waals surface area contributed by atoms with Gasteiger partial charge >= 0.3 is 38.7 Å². The molecule has 0 radical (unpaired) electrons. The van der Waals surface area contributed by atoms with E-state index in [1.54, 1.807) is 0 Å². The van der Waals surface area contributed by atoms with E-state index in [-0.39, 0.29) is 28.3 Å². The van der Waals surface area contributed by atoms with Crippen LogP contribution in [0.25, 0.3) is 0 Å². The largest absolute Gasteiger partial charge is 4.00 e. The summed E-state index contributed by atoms with van der Waals surface area (Å²) in [5.41, 5.74) is 0. The molecule has 7 heavy (non-hydrogen) atoms. The number of rotatable bonds is 0. The Labute approximate surface area is 56.7 Å². The predicted octanol–water partition coefficient (Wildman–Crippen LogP) is -1.41. The van der Waals surface area contributed by atoms with Crippen molar-refractivity contribution in [2.75, 3.05) is 0 Å². The molecule has 0 aromatic carbocycles. The average Bonchev–Trinajstić information content (AvgIpc) is 0.722. The van der Waals surface area contributed by atoms with Gasteiger partial charge in [-0.05, 0) is 0 Å². The molecule has 0 fully saturated rings. The third kappa shape index (κ3) is 368. The van der Waals surface area contributed by atoms with E-state index in [0.717, 1.165) is 0 Å². The molecule has 0 spiro atoms. The fourth-order valence-electron chi connectivity index (χ4n) is 0. The molecule has 2 N–H and O–H groups in total. The van der Waals surface area contributed by atoms with E-state index in [9.17, 15) is 0 Å². The van der Waals surface area contributed by atoms with E-state index < -0.39 is 10.4 Å². The van der Waals surface area contributed by atoms with Gasteiger partial charge in [0.25, 0.3) is 0 Å². The molecule has 4 nitrogen and oxygen atoms in total. The molecule has 0 rings (SSSR count). The van der Waals surface area contributed by atoms with Gasteiger partial charge in [-0.2, -0.15) is 8.42 Å². The van der Waals surface area contributed by atoms with Crippen LogP contribution in [0.4, 0.5) is 0 Å². The Morgan fingerprint density at radius 3 is 1.14 bits per heavy atom. The van der Waals surface area contributed by atoms with Gasteiger partial charge in [-0.1, -0.05) is 0 Å². The summed E-state index contributed by atoms with van der Waals surface area (Å²) in [5, 5.41) is 0. The summed E-state index contributed by atoms with van der Waals surface area (Å²) in [6, 6.07) is 0. The van der Waals surface area contributed by atoms with Crippen LogP contribution in [0.3, 0.4) is 0 Å². The minimum Gasteiger partial charge on any atom is -0.264 e. The van der Waals surface area contributed by atoms with Crippen LogP contribution in [-0.4, -0.2) is 45.8 Å². The summed E-state index contributed by atoms with van der Waals surface area (Å²) < 4.78 is 31.6. The summed E-state index contributed by atoms with van der Waals surface area (Å²) in [6.45, 7) is 0. The van der Waals surface area contributed by atoms with Gasteiger partial charge in [0.15, 0.2) is 0 Å². The molecular weight excluding hydrogens is 151 g/mol. The van der Waals surface area contributed by atoms with E-state index in [1.807, 2.05) is 0 Å². The molecule has 32 valence electrons. The van der Waals surface area contributed by atoms with E-state index in [4.69, 9.17) is 17.5 Å². The zero-order valence-electron chi connectivity index (χ0n) is 3.20. The van der Waals surface area contributed by atoms with Crippen molar-refractivity contribution in [3.63, 3.8) is 0 Å². The second kappa shape index (κ2) is 4.77. The van der Waals surface area contributed by atoms with Crippen LogP contribution in [0.2, 0.25) is 0 Å². The quantitative estimate of drug-likeness (QED) is 0.331. The van der Waals surface area contributed by atoms with E-state index >= 15 is 0 Å². The summed E-state index contributed by atoms with van der Waals surface area (Å²) in [7, 11) is -4.67. The molecule has 0 saturated carbocycles. The van der Waals surface area contributed by atoms with Crippen molar-refractivity contribution in [3.05, 3.63) is 0 Å². The Kier molecular flexibility index (Phi) is 10.7. The van der Waals surface area contributed by atoms with Crippen molar-refractivity contribution < 1.29 is 17.5 Å². The third-order valence-electron chi connectivity index (χ3n) is 0. The van der Waals surface area contributed by atoms with Crippen molar-refractivity contribution in [1.82, 2.24) is 0 Å². The monoisotopic (exact) mass is 153 g/mol. The van der Waals surface area contributed by atoms with Crippen LogP contribution in [0.15, 0.2) is 0 Å². The number of hydrogen-bond donors (Lipinski definition) is 2. The van der Waals surface area contributed by atoms with Gasteiger partial charge in [-0.3, -0.25) is 9.11 Å². The summed E-state index contributed by atoms with van der Waals surface area (Å²) >= 11 is 0. The van der Waals surface area contributed by atoms with Crippen LogP contribution < -0.4 is 0 Å². The van der Waals surface area contributed by atoms with E-state index in [2.05, 4.69) is 0 Å². The summed E-state index contributed by atoms with van der Waals surface area (Å²) in [4.78, 5) is 0. The first-order chi connectivity index (χ1) is 2.00. The molecule has 0 aliphatic rings. The molecule has 0 aliphatic heterocycles. The molecule has 0 saturated heterocycles. The Morgan fingerprint density at radius 1 is 1.14 bits per heavy atom. The Balaban J connectivity index is -0.0000000800. The Bertz CT molecular complexity index is 94.9. The normalized spacial score (nSPS) is 8.29. The molecule has 7 heteroatoms. The third-order valence-corrected chi connectivity index (χ3v) is 0. The van der Waals surface area contributed by atoms with Gasteiger partial charge in [0.05, 0.1) is 0 Å². The molecule has 0 amide bonds. The molecule has 0 aromatic rings. The maximum absolute atomic E-state index is 8.74. The molecular formula is H2AlO4SSi+7. The number of hydrogen-bond acceptors (Lipinski definition) is 2. The van der Waals surface area contributed by atoms with Crippen molar-refractivity contribution in [2.45, 2.75) is 0 Å². The average molecular weight is 153 g/mol. The predicted molar refractivity (Wildman–Crippen MR) is 25.7 cm³/mol. The maximum atomic E-state index is 8.74. The fourth-order valence-corrected chi connectivity index (χ4v) is 0. The standard InChI is InChI=1S/Al.H2O4S.Si/c;1-5(2,3)4;/h;(H2,1,2,3,4);/q+3;;+4. The summed E-state index contributed by atoms with van der Waals surface area (Å²) in [6.07, 6.45) is 0. The first kappa shape index (κ1) is 15.6. The van der Waals surface area contributed by atoms with Gasteiger partial charge < -0.3 is 0 Å². The van der Waals surface area contributed by atoms with Crippen molar-refractivity contribution in [1.29, 1.82) is 0 Å². The van der Waals surface area contributed by atoms with Gasteiger partial charge in [-0.25, -0.2) is 0 Å². The first-order valence-corrected chi connectivity index (χ1v) is 2.10. The van der Waals surface area contributed by atoms with Crippen molar-refractivity contribution >= 4 is 38.7 Å². The summed E-state index contributed by atoms with van der Waals surface area (Å²) in [5.74, 6) is 0. The zero-order chi connectivity index (χ0) is 4.50. The minimum atomic E-state index is -4.67. The van der Waals surface area contributed by atoms with Crippen molar-refractivity contribution in [2.24, 2.45) is 0 Å². The van der Waals surface area contributed by atoms with Crippen LogP contribution in [-0.2, 0) is 10.4 Å². The van der Waals surface area contributed by atoms with Crippen LogP contribution in [0.5, 0.6) is 0 Å². The van der Waals surface area contributed by atoms with Crippen LogP contribution >= 0.6 is 0 Å². The maximum Gasteiger partial charge on any atom is 4.00 e. The second-order valence-corrected chi connectivity index (χ2v) is 1.34. The van der Waals surface area contributed by atoms with Gasteiger partial charge in [0.2, 0.25) is 0 Å². The molecule has 0 aliphatic carbocycles. The van der Waals surface area contributed by atoms with Gasteiger partial charge in [-0.15, -0.1) is 0 Å². The Morgan fingerprint density at radius 2 is 1.14 bits per heavy atom. The molecule has 0 aromatic heterocycles. The van der Waals surface area contributed by atoms with Gasteiger partial charge in [0.1, 0.15) is 0 Å². The second-order valence-electron chi connectivity index (χ2n) is 0.448. The molecule has 0 heterocycles. The molecule has 0 unspecified atom stereocenters. The fraction of sp³-hybridized carbons (Fsp3) is 0. The first-order valence-electron chi connectivity index (χ1n) is 0.698. The Hall–Kier alpha value is 0.619. The van der Waals surface area contributed by atoms with Crippen LogP contribution in [0, 0.1) is 0 Å². The van der Waals surface area contributed by atoms with Crippen molar-refractivity contribution in [3.8, 4) is 0 Å². The topological polar surface area (TPSA) is 74.6 Å². The SMILES string of the molecule is O=S(=O)(O)O.[Al+3].[Si+4]. The van der Waals surface area contributed by atoms with E-state index in [0.29, 0.717) is 0 Å². The molecule has 0 atom stereocenters. The minimum absolute atomic E-state index is 0. The zero-order valence-corrected chi connectivity index (χ0v) is 6.17. The molecule has 0 bridgehead atoms. The smallest absolute Gasteiger partial charge is 0.264 e.